The molecule has 1 N–H and O–H groups in total. The smallest absolute Gasteiger partial charge is 0.221 e. The zero-order chi connectivity index (χ0) is 14.3. The number of amides is 1. The Bertz CT molecular complexity index is 585. The number of hydrogen-bond acceptors (Lipinski definition) is 1. The number of rotatable bonds is 3. The highest BCUT2D eigenvalue weighted by molar-refractivity contribution is 5.83. The molecular formula is C18H23NO. The van der Waals surface area contributed by atoms with Gasteiger partial charge in [-0.1, -0.05) is 31.6 Å². The molecule has 1 aromatic rings. The molecule has 2 nitrogen and oxygen atoms in total. The largest absolute Gasteiger partial charge is 0.349 e. The predicted octanol–water partition coefficient (Wildman–Crippen LogP) is 4.07. The molecule has 2 aliphatic rings. The molecule has 0 radical (unpaired) electrons. The quantitative estimate of drug-likeness (QED) is 0.880. The van der Waals surface area contributed by atoms with E-state index < -0.39 is 0 Å². The van der Waals surface area contributed by atoms with Gasteiger partial charge in [0.15, 0.2) is 0 Å². The van der Waals surface area contributed by atoms with Crippen LogP contribution in [-0.2, 0) is 4.79 Å². The van der Waals surface area contributed by atoms with Crippen molar-refractivity contribution in [3.8, 4) is 0 Å². The maximum atomic E-state index is 11.8. The van der Waals surface area contributed by atoms with Crippen molar-refractivity contribution in [2.75, 3.05) is 0 Å². The summed E-state index contributed by atoms with van der Waals surface area (Å²) < 4.78 is 0. The highest BCUT2D eigenvalue weighted by Crippen LogP contribution is 2.43. The van der Waals surface area contributed by atoms with Crippen molar-refractivity contribution in [3.05, 3.63) is 40.5 Å². The Morgan fingerprint density at radius 3 is 2.75 bits per heavy atom. The SMILES string of the molecule is CCCCC1=C[C@@H]2CC(=O)N[C@@H]2c2cc(C)c(C)cc21. The molecule has 1 saturated heterocycles. The Morgan fingerprint density at radius 2 is 2.00 bits per heavy atom. The highest BCUT2D eigenvalue weighted by Gasteiger charge is 2.37. The molecule has 3 rings (SSSR count). The van der Waals surface area contributed by atoms with E-state index in [2.05, 4.69) is 44.3 Å². The molecule has 2 heteroatoms. The summed E-state index contributed by atoms with van der Waals surface area (Å²) in [6.07, 6.45) is 6.56. The van der Waals surface area contributed by atoms with Crippen LogP contribution in [0.4, 0.5) is 0 Å². The molecule has 0 unspecified atom stereocenters. The third-order valence-corrected chi connectivity index (χ3v) is 4.73. The maximum absolute atomic E-state index is 11.8. The summed E-state index contributed by atoms with van der Waals surface area (Å²) in [7, 11) is 0. The average molecular weight is 269 g/mol. The van der Waals surface area contributed by atoms with Gasteiger partial charge < -0.3 is 5.32 Å². The van der Waals surface area contributed by atoms with Crippen LogP contribution in [0.2, 0.25) is 0 Å². The number of allylic oxidation sites excluding steroid dienone is 1. The van der Waals surface area contributed by atoms with Gasteiger partial charge in [-0.05, 0) is 54.5 Å². The Kier molecular flexibility index (Phi) is 3.41. The predicted molar refractivity (Wildman–Crippen MR) is 82.4 cm³/mol. The summed E-state index contributed by atoms with van der Waals surface area (Å²) in [4.78, 5) is 11.8. The summed E-state index contributed by atoms with van der Waals surface area (Å²) in [5.41, 5.74) is 6.81. The zero-order valence-electron chi connectivity index (χ0n) is 12.6. The summed E-state index contributed by atoms with van der Waals surface area (Å²) in [6.45, 7) is 6.56. The van der Waals surface area contributed by atoms with Crippen molar-refractivity contribution in [2.24, 2.45) is 5.92 Å². The molecule has 0 spiro atoms. The van der Waals surface area contributed by atoms with E-state index in [9.17, 15) is 4.79 Å². The second-order valence-electron chi connectivity index (χ2n) is 6.23. The van der Waals surface area contributed by atoms with E-state index in [0.717, 1.165) is 6.42 Å². The summed E-state index contributed by atoms with van der Waals surface area (Å²) in [5, 5.41) is 3.15. The molecule has 1 amide bonds. The Hall–Kier alpha value is -1.57. The normalized spacial score (nSPS) is 23.9. The number of fused-ring (bicyclic) bond motifs is 3. The third-order valence-electron chi connectivity index (χ3n) is 4.73. The number of carbonyl (C=O) groups is 1. The van der Waals surface area contributed by atoms with Crippen molar-refractivity contribution in [2.45, 2.75) is 52.5 Å². The Morgan fingerprint density at radius 1 is 1.25 bits per heavy atom. The van der Waals surface area contributed by atoms with E-state index in [1.165, 1.54) is 40.7 Å². The van der Waals surface area contributed by atoms with Crippen LogP contribution >= 0.6 is 0 Å². The number of hydrogen-bond donors (Lipinski definition) is 1. The average Bonchev–Trinajstić information content (AvgIpc) is 2.78. The minimum atomic E-state index is 0.192. The van der Waals surface area contributed by atoms with Crippen LogP contribution in [0.15, 0.2) is 18.2 Å². The van der Waals surface area contributed by atoms with Gasteiger partial charge >= 0.3 is 0 Å². The molecule has 1 heterocycles. The van der Waals surface area contributed by atoms with Crippen molar-refractivity contribution >= 4 is 11.5 Å². The topological polar surface area (TPSA) is 29.1 Å². The first-order valence-electron chi connectivity index (χ1n) is 7.71. The molecule has 0 saturated carbocycles. The lowest BCUT2D eigenvalue weighted by molar-refractivity contribution is -0.119. The molecule has 1 fully saturated rings. The van der Waals surface area contributed by atoms with Crippen LogP contribution < -0.4 is 5.32 Å². The summed E-state index contributed by atoms with van der Waals surface area (Å²) in [6, 6.07) is 4.79. The zero-order valence-corrected chi connectivity index (χ0v) is 12.6. The van der Waals surface area contributed by atoms with E-state index in [0.29, 0.717) is 12.3 Å². The molecular weight excluding hydrogens is 246 g/mol. The van der Waals surface area contributed by atoms with Gasteiger partial charge in [-0.2, -0.15) is 0 Å². The number of carbonyl (C=O) groups excluding carboxylic acids is 1. The van der Waals surface area contributed by atoms with Crippen molar-refractivity contribution in [1.82, 2.24) is 5.32 Å². The molecule has 1 aliphatic heterocycles. The minimum Gasteiger partial charge on any atom is -0.349 e. The van der Waals surface area contributed by atoms with E-state index in [-0.39, 0.29) is 11.9 Å². The van der Waals surface area contributed by atoms with Gasteiger partial charge in [0, 0.05) is 12.3 Å². The molecule has 0 bridgehead atoms. The monoisotopic (exact) mass is 269 g/mol. The minimum absolute atomic E-state index is 0.192. The first-order chi connectivity index (χ1) is 9.60. The number of benzene rings is 1. The molecule has 20 heavy (non-hydrogen) atoms. The lowest BCUT2D eigenvalue weighted by Crippen LogP contribution is -2.24. The van der Waals surface area contributed by atoms with Crippen LogP contribution in [0, 0.1) is 19.8 Å². The van der Waals surface area contributed by atoms with Crippen LogP contribution in [-0.4, -0.2) is 5.91 Å². The first-order valence-corrected chi connectivity index (χ1v) is 7.71. The molecule has 106 valence electrons. The third kappa shape index (κ3) is 2.17. The van der Waals surface area contributed by atoms with Crippen LogP contribution in [0.5, 0.6) is 0 Å². The van der Waals surface area contributed by atoms with Gasteiger partial charge in [0.05, 0.1) is 6.04 Å². The fraction of sp³-hybridized carbons (Fsp3) is 0.500. The van der Waals surface area contributed by atoms with Crippen LogP contribution in [0.25, 0.3) is 5.57 Å². The highest BCUT2D eigenvalue weighted by atomic mass is 16.2. The van der Waals surface area contributed by atoms with E-state index in [1.54, 1.807) is 0 Å². The van der Waals surface area contributed by atoms with Gasteiger partial charge in [-0.15, -0.1) is 0 Å². The van der Waals surface area contributed by atoms with Crippen molar-refractivity contribution in [3.63, 3.8) is 0 Å². The molecule has 1 aromatic carbocycles. The molecule has 2 atom stereocenters. The van der Waals surface area contributed by atoms with Crippen molar-refractivity contribution in [1.29, 1.82) is 0 Å². The summed E-state index contributed by atoms with van der Waals surface area (Å²) in [5.74, 6) is 0.543. The Labute approximate surface area is 121 Å². The standard InChI is InChI=1S/C18H23NO/c1-4-5-6-13-9-14-10-17(20)19-18(14)16-8-12(3)11(2)7-15(13)16/h7-9,14,18H,4-6,10H2,1-3H3,(H,19,20)/t14-,18+/m1/s1. The fourth-order valence-corrected chi connectivity index (χ4v) is 3.44. The first kappa shape index (κ1) is 13.4. The number of unbranched alkanes of at least 4 members (excludes halogenated alkanes) is 1. The van der Waals surface area contributed by atoms with Gasteiger partial charge in [-0.3, -0.25) is 4.79 Å². The molecule has 0 aromatic heterocycles. The lowest BCUT2D eigenvalue weighted by Gasteiger charge is -2.28. The number of aryl methyl sites for hydroxylation is 2. The maximum Gasteiger partial charge on any atom is 0.221 e. The number of nitrogens with one attached hydrogen (secondary N) is 1. The fourth-order valence-electron chi connectivity index (χ4n) is 3.44. The second-order valence-corrected chi connectivity index (χ2v) is 6.23. The van der Waals surface area contributed by atoms with Crippen LogP contribution in [0.1, 0.15) is 60.9 Å². The second kappa shape index (κ2) is 5.08. The summed E-state index contributed by atoms with van der Waals surface area (Å²) >= 11 is 0. The Balaban J connectivity index is 2.07. The van der Waals surface area contributed by atoms with E-state index >= 15 is 0 Å². The van der Waals surface area contributed by atoms with Gasteiger partial charge in [-0.25, -0.2) is 0 Å². The van der Waals surface area contributed by atoms with Gasteiger partial charge in [0.25, 0.3) is 0 Å². The van der Waals surface area contributed by atoms with Gasteiger partial charge in [0.1, 0.15) is 0 Å². The molecule has 1 aliphatic carbocycles. The lowest BCUT2D eigenvalue weighted by atomic mass is 9.78. The van der Waals surface area contributed by atoms with Crippen LogP contribution in [0.3, 0.4) is 0 Å². The van der Waals surface area contributed by atoms with Crippen molar-refractivity contribution < 1.29 is 4.79 Å². The van der Waals surface area contributed by atoms with E-state index in [4.69, 9.17) is 0 Å². The van der Waals surface area contributed by atoms with Gasteiger partial charge in [0.2, 0.25) is 5.91 Å². The van der Waals surface area contributed by atoms with E-state index in [1.807, 2.05) is 0 Å².